The lowest BCUT2D eigenvalue weighted by molar-refractivity contribution is -0.222. The molecule has 0 aliphatic carbocycles. The quantitative estimate of drug-likeness (QED) is 0.361. The van der Waals surface area contributed by atoms with Crippen LogP contribution < -0.4 is 5.32 Å². The molecule has 1 fully saturated rings. The molecule has 9 heteroatoms. The fraction of sp³-hybridized carbons (Fsp3) is 0.286. The molecule has 124 valence electrons. The molecule has 23 heavy (non-hydrogen) atoms. The average Bonchev–Trinajstić information content (AvgIpc) is 2.36. The molecular formula is C14H15NO7S. The molecule has 1 aliphatic rings. The van der Waals surface area contributed by atoms with Gasteiger partial charge in [-0.05, 0) is 18.2 Å². The Balaban J connectivity index is 2.30. The van der Waals surface area contributed by atoms with Crippen LogP contribution >= 0.6 is 0 Å². The Labute approximate surface area is 132 Å². The van der Waals surface area contributed by atoms with Gasteiger partial charge in [-0.3, -0.25) is 0 Å². The van der Waals surface area contributed by atoms with Crippen molar-refractivity contribution in [3.05, 3.63) is 30.0 Å². The van der Waals surface area contributed by atoms with E-state index in [-0.39, 0.29) is 16.3 Å². The number of ether oxygens (including phenoxy) is 2. The summed E-state index contributed by atoms with van der Waals surface area (Å²) in [6.07, 6.45) is 2.00. The van der Waals surface area contributed by atoms with Crippen molar-refractivity contribution in [1.82, 2.24) is 0 Å². The number of cyclic esters (lactones) is 2. The first-order valence-electron chi connectivity index (χ1n) is 6.46. The van der Waals surface area contributed by atoms with Crippen molar-refractivity contribution in [3.63, 3.8) is 0 Å². The third kappa shape index (κ3) is 3.81. The number of sulfone groups is 1. The van der Waals surface area contributed by atoms with Gasteiger partial charge in [0.05, 0.1) is 10.6 Å². The lowest BCUT2D eigenvalue weighted by atomic mass is 10.2. The summed E-state index contributed by atoms with van der Waals surface area (Å²) in [7, 11) is -3.48. The van der Waals surface area contributed by atoms with Gasteiger partial charge in [0.25, 0.3) is 5.79 Å². The van der Waals surface area contributed by atoms with Crippen molar-refractivity contribution in [2.75, 3.05) is 11.6 Å². The SMILES string of the molecule is CC1(C)OC(=O)C(=CNc2cc(S(C)(=O)=O)ccc2O)C(=O)O1. The zero-order valence-electron chi connectivity index (χ0n) is 12.6. The molecule has 1 aliphatic heterocycles. The predicted molar refractivity (Wildman–Crippen MR) is 79.2 cm³/mol. The maximum atomic E-state index is 11.8. The highest BCUT2D eigenvalue weighted by Crippen LogP contribution is 2.28. The number of aromatic hydroxyl groups is 1. The van der Waals surface area contributed by atoms with Gasteiger partial charge >= 0.3 is 11.9 Å². The zero-order valence-corrected chi connectivity index (χ0v) is 13.4. The van der Waals surface area contributed by atoms with Gasteiger partial charge in [0.2, 0.25) is 0 Å². The molecular weight excluding hydrogens is 326 g/mol. The second-order valence-electron chi connectivity index (χ2n) is 5.33. The summed E-state index contributed by atoms with van der Waals surface area (Å²) in [5.74, 6) is -3.40. The van der Waals surface area contributed by atoms with E-state index in [1.165, 1.54) is 32.0 Å². The van der Waals surface area contributed by atoms with E-state index in [9.17, 15) is 23.1 Å². The van der Waals surface area contributed by atoms with Crippen molar-refractivity contribution >= 4 is 27.5 Å². The minimum atomic E-state index is -3.48. The summed E-state index contributed by atoms with van der Waals surface area (Å²) in [4.78, 5) is 23.5. The number of rotatable bonds is 3. The highest BCUT2D eigenvalue weighted by molar-refractivity contribution is 7.90. The molecule has 1 heterocycles. The van der Waals surface area contributed by atoms with Crippen molar-refractivity contribution < 1.29 is 32.6 Å². The van der Waals surface area contributed by atoms with Crippen molar-refractivity contribution in [1.29, 1.82) is 0 Å². The molecule has 2 N–H and O–H groups in total. The van der Waals surface area contributed by atoms with Crippen molar-refractivity contribution in [3.8, 4) is 5.75 Å². The molecule has 8 nitrogen and oxygen atoms in total. The van der Waals surface area contributed by atoms with Crippen LogP contribution in [0.15, 0.2) is 34.9 Å². The summed E-state index contributed by atoms with van der Waals surface area (Å²) in [6.45, 7) is 2.82. The van der Waals surface area contributed by atoms with Gasteiger partial charge in [-0.2, -0.15) is 0 Å². The van der Waals surface area contributed by atoms with Gasteiger partial charge in [-0.1, -0.05) is 0 Å². The third-order valence-electron chi connectivity index (χ3n) is 2.88. The Morgan fingerprint density at radius 1 is 1.17 bits per heavy atom. The molecule has 1 aromatic carbocycles. The number of anilines is 1. The van der Waals surface area contributed by atoms with Gasteiger partial charge in [0.15, 0.2) is 15.4 Å². The second-order valence-corrected chi connectivity index (χ2v) is 7.35. The van der Waals surface area contributed by atoms with Gasteiger partial charge in [-0.15, -0.1) is 0 Å². The topological polar surface area (TPSA) is 119 Å². The maximum Gasteiger partial charge on any atom is 0.350 e. The van der Waals surface area contributed by atoms with E-state index in [0.29, 0.717) is 0 Å². The Bertz CT molecular complexity index is 786. The second kappa shape index (κ2) is 5.58. The largest absolute Gasteiger partial charge is 0.506 e. The number of benzene rings is 1. The van der Waals surface area contributed by atoms with Crippen LogP contribution in [0.5, 0.6) is 5.75 Å². The maximum absolute atomic E-state index is 11.8. The van der Waals surface area contributed by atoms with Crippen LogP contribution in [0.25, 0.3) is 0 Å². The number of hydrogen-bond donors (Lipinski definition) is 2. The number of phenolic OH excluding ortho intramolecular Hbond substituents is 1. The minimum absolute atomic E-state index is 0.00542. The van der Waals surface area contributed by atoms with E-state index in [0.717, 1.165) is 12.5 Å². The van der Waals surface area contributed by atoms with Crippen LogP contribution in [-0.4, -0.2) is 37.5 Å². The van der Waals surface area contributed by atoms with E-state index < -0.39 is 33.1 Å². The average molecular weight is 341 g/mol. The molecule has 0 spiro atoms. The van der Waals surface area contributed by atoms with E-state index in [1.54, 1.807) is 0 Å². The van der Waals surface area contributed by atoms with Gasteiger partial charge < -0.3 is 19.9 Å². The normalized spacial score (nSPS) is 17.3. The van der Waals surface area contributed by atoms with Crippen LogP contribution in [0, 0.1) is 0 Å². The van der Waals surface area contributed by atoms with Gasteiger partial charge in [0.1, 0.15) is 5.75 Å². The fourth-order valence-electron chi connectivity index (χ4n) is 1.79. The van der Waals surface area contributed by atoms with Crippen molar-refractivity contribution in [2.24, 2.45) is 0 Å². The van der Waals surface area contributed by atoms with Crippen LogP contribution in [0.4, 0.5) is 5.69 Å². The lowest BCUT2D eigenvalue weighted by Gasteiger charge is -2.29. The smallest absolute Gasteiger partial charge is 0.350 e. The first-order chi connectivity index (χ1) is 10.5. The monoisotopic (exact) mass is 341 g/mol. The molecule has 0 amide bonds. The Hall–Kier alpha value is -2.55. The summed E-state index contributed by atoms with van der Waals surface area (Å²) in [5.41, 5.74) is -0.403. The number of nitrogens with one attached hydrogen (secondary N) is 1. The number of hydrogen-bond acceptors (Lipinski definition) is 8. The third-order valence-corrected chi connectivity index (χ3v) is 4.00. The van der Waals surface area contributed by atoms with E-state index in [1.807, 2.05) is 0 Å². The molecule has 2 rings (SSSR count). The molecule has 0 radical (unpaired) electrons. The molecule has 0 saturated carbocycles. The van der Waals surface area contributed by atoms with Crippen molar-refractivity contribution in [2.45, 2.75) is 24.5 Å². The minimum Gasteiger partial charge on any atom is -0.506 e. The van der Waals surface area contributed by atoms with Gasteiger partial charge in [-0.25, -0.2) is 18.0 Å². The Morgan fingerprint density at radius 3 is 2.26 bits per heavy atom. The Morgan fingerprint density at radius 2 is 1.74 bits per heavy atom. The molecule has 0 bridgehead atoms. The van der Waals surface area contributed by atoms with E-state index in [2.05, 4.69) is 5.32 Å². The number of carbonyl (C=O) groups is 2. The molecule has 0 atom stereocenters. The fourth-order valence-corrected chi connectivity index (χ4v) is 2.44. The Kier molecular flexibility index (Phi) is 4.08. The standard InChI is InChI=1S/C14H15NO7S/c1-14(2)21-12(17)9(13(18)22-14)7-15-10-6-8(23(3,19)20)4-5-11(10)16/h4-7,15-16H,1-3H3. The first-order valence-corrected chi connectivity index (χ1v) is 8.35. The van der Waals surface area contributed by atoms with Crippen LogP contribution in [0.3, 0.4) is 0 Å². The number of phenols is 1. The molecule has 0 aromatic heterocycles. The summed E-state index contributed by atoms with van der Waals surface area (Å²) < 4.78 is 32.8. The summed E-state index contributed by atoms with van der Waals surface area (Å²) in [6, 6.07) is 3.58. The highest BCUT2D eigenvalue weighted by atomic mass is 32.2. The van der Waals surface area contributed by atoms with Crippen LogP contribution in [0.1, 0.15) is 13.8 Å². The number of carbonyl (C=O) groups excluding carboxylic acids is 2. The molecule has 1 saturated heterocycles. The first kappa shape index (κ1) is 16.8. The van der Waals surface area contributed by atoms with E-state index in [4.69, 9.17) is 9.47 Å². The molecule has 1 aromatic rings. The summed E-state index contributed by atoms with van der Waals surface area (Å²) in [5, 5.41) is 12.2. The van der Waals surface area contributed by atoms with E-state index >= 15 is 0 Å². The highest BCUT2D eigenvalue weighted by Gasteiger charge is 2.38. The van der Waals surface area contributed by atoms with Crippen LogP contribution in [0.2, 0.25) is 0 Å². The van der Waals surface area contributed by atoms with Crippen LogP contribution in [-0.2, 0) is 28.9 Å². The zero-order chi connectivity index (χ0) is 17.4. The molecule has 0 unspecified atom stereocenters. The lowest BCUT2D eigenvalue weighted by Crippen LogP contribution is -2.42. The summed E-state index contributed by atoms with van der Waals surface area (Å²) >= 11 is 0. The van der Waals surface area contributed by atoms with Gasteiger partial charge in [0, 0.05) is 26.3 Å². The predicted octanol–water partition coefficient (Wildman–Crippen LogP) is 0.928. The number of esters is 2.